The summed E-state index contributed by atoms with van der Waals surface area (Å²) >= 11 is 0. The zero-order valence-corrected chi connectivity index (χ0v) is 17.1. The first-order valence-corrected chi connectivity index (χ1v) is 10.2. The number of carbonyl (C=O) groups excluding carboxylic acids is 2. The Hall–Kier alpha value is -2.97. The highest BCUT2D eigenvalue weighted by Gasteiger charge is 2.15. The number of aryl methyl sites for hydroxylation is 2. The van der Waals surface area contributed by atoms with Crippen LogP contribution in [0, 0.1) is 13.8 Å². The highest BCUT2D eigenvalue weighted by Crippen LogP contribution is 2.20. The number of benzene rings is 1. The molecule has 29 heavy (non-hydrogen) atoms. The molecule has 1 saturated carbocycles. The van der Waals surface area contributed by atoms with Gasteiger partial charge in [-0.2, -0.15) is 4.68 Å². The van der Waals surface area contributed by atoms with Gasteiger partial charge in [0.05, 0.1) is 5.69 Å². The highest BCUT2D eigenvalue weighted by atomic mass is 16.2. The summed E-state index contributed by atoms with van der Waals surface area (Å²) in [5.41, 5.74) is 2.52. The van der Waals surface area contributed by atoms with Crippen molar-refractivity contribution in [3.05, 3.63) is 29.6 Å². The molecule has 0 bridgehead atoms. The van der Waals surface area contributed by atoms with Crippen LogP contribution in [-0.2, 0) is 4.79 Å². The Bertz CT molecular complexity index is 843. The molecule has 1 fully saturated rings. The molecule has 2 aromatic rings. The topological polar surface area (TPSA) is 114 Å². The zero-order valence-electron chi connectivity index (χ0n) is 17.1. The van der Waals surface area contributed by atoms with E-state index in [4.69, 9.17) is 0 Å². The number of rotatable bonds is 7. The van der Waals surface area contributed by atoms with Crippen molar-refractivity contribution in [3.8, 4) is 5.69 Å². The van der Waals surface area contributed by atoms with Gasteiger partial charge >= 0.3 is 6.03 Å². The molecular formula is C20H29N7O2. The van der Waals surface area contributed by atoms with Gasteiger partial charge in [-0.25, -0.2) is 4.79 Å². The van der Waals surface area contributed by atoms with Crippen molar-refractivity contribution in [2.24, 2.45) is 0 Å². The van der Waals surface area contributed by atoms with Crippen LogP contribution in [0.25, 0.3) is 5.69 Å². The first-order valence-electron chi connectivity index (χ1n) is 10.2. The van der Waals surface area contributed by atoms with Crippen molar-refractivity contribution in [1.82, 2.24) is 30.8 Å². The smallest absolute Gasteiger partial charge is 0.315 e. The number of tetrazole rings is 1. The fourth-order valence-corrected chi connectivity index (χ4v) is 3.53. The summed E-state index contributed by atoms with van der Waals surface area (Å²) in [4.78, 5) is 24.2. The van der Waals surface area contributed by atoms with Crippen molar-refractivity contribution >= 4 is 17.6 Å². The van der Waals surface area contributed by atoms with E-state index in [2.05, 4.69) is 31.5 Å². The normalized spacial score (nSPS) is 14.4. The summed E-state index contributed by atoms with van der Waals surface area (Å²) in [6.45, 7) is 4.25. The molecule has 1 aliphatic carbocycles. The molecule has 3 N–H and O–H groups in total. The quantitative estimate of drug-likeness (QED) is 0.619. The van der Waals surface area contributed by atoms with E-state index in [9.17, 15) is 9.59 Å². The predicted octanol–water partition coefficient (Wildman–Crippen LogP) is 2.63. The van der Waals surface area contributed by atoms with E-state index in [-0.39, 0.29) is 18.0 Å². The van der Waals surface area contributed by atoms with E-state index >= 15 is 0 Å². The Morgan fingerprint density at radius 2 is 1.97 bits per heavy atom. The van der Waals surface area contributed by atoms with Gasteiger partial charge in [0.2, 0.25) is 5.91 Å². The van der Waals surface area contributed by atoms with Gasteiger partial charge in [0.25, 0.3) is 0 Å². The Morgan fingerprint density at radius 1 is 1.17 bits per heavy atom. The van der Waals surface area contributed by atoms with Crippen molar-refractivity contribution in [3.63, 3.8) is 0 Å². The summed E-state index contributed by atoms with van der Waals surface area (Å²) < 4.78 is 1.64. The molecule has 0 radical (unpaired) electrons. The third-order valence-corrected chi connectivity index (χ3v) is 5.15. The van der Waals surface area contributed by atoms with Gasteiger partial charge in [-0.1, -0.05) is 25.3 Å². The first-order chi connectivity index (χ1) is 14.0. The number of hydrogen-bond donors (Lipinski definition) is 3. The lowest BCUT2D eigenvalue weighted by Crippen LogP contribution is -2.43. The second kappa shape index (κ2) is 9.99. The van der Waals surface area contributed by atoms with Crippen LogP contribution in [0.1, 0.15) is 56.3 Å². The summed E-state index contributed by atoms with van der Waals surface area (Å²) in [5, 5.41) is 20.3. The lowest BCUT2D eigenvalue weighted by atomic mass is 9.96. The molecule has 156 valence electrons. The molecule has 0 unspecified atom stereocenters. The van der Waals surface area contributed by atoms with Crippen molar-refractivity contribution < 1.29 is 9.59 Å². The highest BCUT2D eigenvalue weighted by molar-refractivity contribution is 5.91. The van der Waals surface area contributed by atoms with Crippen molar-refractivity contribution in [2.45, 2.75) is 64.8 Å². The van der Waals surface area contributed by atoms with Gasteiger partial charge in [-0.05, 0) is 61.2 Å². The maximum absolute atomic E-state index is 12.2. The van der Waals surface area contributed by atoms with E-state index in [0.717, 1.165) is 24.1 Å². The molecule has 1 aromatic carbocycles. The average molecular weight is 399 g/mol. The fourth-order valence-electron chi connectivity index (χ4n) is 3.53. The third kappa shape index (κ3) is 6.00. The molecular weight excluding hydrogens is 370 g/mol. The number of hydrogen-bond acceptors (Lipinski definition) is 5. The van der Waals surface area contributed by atoms with E-state index in [1.54, 1.807) is 4.68 Å². The summed E-state index contributed by atoms with van der Waals surface area (Å²) in [6, 6.07) is 5.77. The lowest BCUT2D eigenvalue weighted by molar-refractivity contribution is -0.116. The zero-order chi connectivity index (χ0) is 20.6. The molecule has 0 saturated heterocycles. The summed E-state index contributed by atoms with van der Waals surface area (Å²) in [7, 11) is 0. The van der Waals surface area contributed by atoms with Gasteiger partial charge in [0.15, 0.2) is 5.82 Å². The molecule has 3 amide bonds. The van der Waals surface area contributed by atoms with Gasteiger partial charge < -0.3 is 16.0 Å². The molecule has 0 atom stereocenters. The predicted molar refractivity (Wildman–Crippen MR) is 110 cm³/mol. The number of nitrogens with zero attached hydrogens (tertiary/aromatic N) is 4. The third-order valence-electron chi connectivity index (χ3n) is 5.15. The monoisotopic (exact) mass is 399 g/mol. The minimum Gasteiger partial charge on any atom is -0.338 e. The van der Waals surface area contributed by atoms with E-state index in [0.29, 0.717) is 30.9 Å². The van der Waals surface area contributed by atoms with Crippen LogP contribution in [0.3, 0.4) is 0 Å². The number of anilines is 1. The summed E-state index contributed by atoms with van der Waals surface area (Å²) in [6.07, 6.45) is 6.63. The van der Waals surface area contributed by atoms with Crippen LogP contribution in [0.2, 0.25) is 0 Å². The molecule has 1 aliphatic rings. The van der Waals surface area contributed by atoms with Crippen LogP contribution in [0.5, 0.6) is 0 Å². The number of urea groups is 1. The van der Waals surface area contributed by atoms with E-state index < -0.39 is 0 Å². The maximum Gasteiger partial charge on any atom is 0.315 e. The largest absolute Gasteiger partial charge is 0.338 e. The van der Waals surface area contributed by atoms with E-state index in [1.165, 1.54) is 19.3 Å². The molecule has 1 aromatic heterocycles. The van der Waals surface area contributed by atoms with Crippen LogP contribution < -0.4 is 16.0 Å². The van der Waals surface area contributed by atoms with Crippen LogP contribution >= 0.6 is 0 Å². The first kappa shape index (κ1) is 20.8. The molecule has 1 heterocycles. The minimum atomic E-state index is -0.141. The second-order valence-electron chi connectivity index (χ2n) is 7.53. The molecule has 9 heteroatoms. The van der Waals surface area contributed by atoms with Gasteiger partial charge in [0.1, 0.15) is 0 Å². The molecule has 0 aliphatic heterocycles. The molecule has 9 nitrogen and oxygen atoms in total. The van der Waals surface area contributed by atoms with Gasteiger partial charge in [-0.3, -0.25) is 4.79 Å². The summed E-state index contributed by atoms with van der Waals surface area (Å²) in [5.74, 6) is 0.580. The Kier molecular flexibility index (Phi) is 7.15. The molecule has 3 rings (SSSR count). The maximum atomic E-state index is 12.2. The molecule has 0 spiro atoms. The van der Waals surface area contributed by atoms with Crippen molar-refractivity contribution in [1.29, 1.82) is 0 Å². The second-order valence-corrected chi connectivity index (χ2v) is 7.53. The number of carbonyl (C=O) groups is 2. The van der Waals surface area contributed by atoms with Crippen LogP contribution in [-0.4, -0.2) is 44.7 Å². The van der Waals surface area contributed by atoms with Crippen LogP contribution in [0.15, 0.2) is 18.2 Å². The van der Waals surface area contributed by atoms with E-state index in [1.807, 2.05) is 32.0 Å². The Labute approximate surface area is 170 Å². The van der Waals surface area contributed by atoms with Gasteiger partial charge in [-0.15, -0.1) is 5.10 Å². The Morgan fingerprint density at radius 3 is 2.69 bits per heavy atom. The average Bonchev–Trinajstić information content (AvgIpc) is 3.13. The van der Waals surface area contributed by atoms with Gasteiger partial charge in [0, 0.05) is 24.7 Å². The lowest BCUT2D eigenvalue weighted by Gasteiger charge is -2.22. The number of aromatic nitrogens is 4. The standard InChI is InChI=1S/C20H29N7O2/c1-14-10-11-17(13-18(14)27-15(2)24-25-26-27)22-19(28)9-6-12-21-20(29)23-16-7-4-3-5-8-16/h10-11,13,16H,3-9,12H2,1-2H3,(H,22,28)(H2,21,23,29). The fraction of sp³-hybridized carbons (Fsp3) is 0.550. The van der Waals surface area contributed by atoms with Crippen molar-refractivity contribution in [2.75, 3.05) is 11.9 Å². The van der Waals surface area contributed by atoms with Crippen LogP contribution in [0.4, 0.5) is 10.5 Å². The Balaban J connectivity index is 1.41. The number of nitrogens with one attached hydrogen (secondary N) is 3. The minimum absolute atomic E-state index is 0.0947. The SMILES string of the molecule is Cc1ccc(NC(=O)CCCNC(=O)NC2CCCCC2)cc1-n1nnnc1C. The number of amides is 3.